The zero-order valence-corrected chi connectivity index (χ0v) is 15.8. The van der Waals surface area contributed by atoms with Gasteiger partial charge in [-0.3, -0.25) is 4.79 Å². The monoisotopic (exact) mass is 436 g/mol. The molecular weight excluding hydrogens is 416 g/mol. The number of ether oxygens (including phenoxy) is 3. The molecule has 11 nitrogen and oxygen atoms in total. The number of phenols is 4. The number of hydrogen-bond acceptors (Lipinski definition) is 11. The lowest BCUT2D eigenvalue weighted by Gasteiger charge is -2.39. The lowest BCUT2D eigenvalue weighted by atomic mass is 9.92. The second kappa shape index (κ2) is 7.87. The second-order valence-corrected chi connectivity index (χ2v) is 7.30. The van der Waals surface area contributed by atoms with Crippen LogP contribution in [0.4, 0.5) is 0 Å². The average molecular weight is 436 g/mol. The number of aromatic hydroxyl groups is 4. The normalized spacial score (nSPS) is 30.5. The van der Waals surface area contributed by atoms with Crippen LogP contribution in [-0.2, 0) is 9.47 Å². The highest BCUT2D eigenvalue weighted by Crippen LogP contribution is 2.44. The molecule has 6 atom stereocenters. The van der Waals surface area contributed by atoms with Crippen molar-refractivity contribution in [1.29, 1.82) is 0 Å². The van der Waals surface area contributed by atoms with Crippen molar-refractivity contribution in [3.63, 3.8) is 0 Å². The van der Waals surface area contributed by atoms with Crippen LogP contribution in [0, 0.1) is 0 Å². The van der Waals surface area contributed by atoms with Crippen molar-refractivity contribution in [2.45, 2.75) is 36.8 Å². The van der Waals surface area contributed by atoms with Crippen LogP contribution in [0.5, 0.6) is 28.7 Å². The van der Waals surface area contributed by atoms with Crippen LogP contribution in [0.1, 0.15) is 22.0 Å². The van der Waals surface area contributed by atoms with Crippen molar-refractivity contribution in [3.8, 4) is 28.7 Å². The van der Waals surface area contributed by atoms with Crippen LogP contribution in [0.15, 0.2) is 30.3 Å². The average Bonchev–Trinajstić information content (AvgIpc) is 2.71. The summed E-state index contributed by atoms with van der Waals surface area (Å²) in [5, 5.41) is 69.0. The van der Waals surface area contributed by atoms with E-state index in [1.165, 1.54) is 6.07 Å². The van der Waals surface area contributed by atoms with Crippen molar-refractivity contribution in [2.24, 2.45) is 0 Å². The fraction of sp³-hybridized carbons (Fsp3) is 0.350. The highest BCUT2D eigenvalue weighted by molar-refractivity contribution is 6.05. The third-order valence-electron chi connectivity index (χ3n) is 5.16. The summed E-state index contributed by atoms with van der Waals surface area (Å²) >= 11 is 0. The minimum Gasteiger partial charge on any atom is -0.508 e. The number of carbonyl (C=O) groups excluding carboxylic acids is 1. The summed E-state index contributed by atoms with van der Waals surface area (Å²) in [4.78, 5) is 13.2. The van der Waals surface area contributed by atoms with Crippen LogP contribution >= 0.6 is 0 Å². The second-order valence-electron chi connectivity index (χ2n) is 7.30. The molecule has 4 rings (SSSR count). The van der Waals surface area contributed by atoms with Gasteiger partial charge in [-0.25, -0.2) is 0 Å². The maximum Gasteiger partial charge on any atom is 0.203 e. The lowest BCUT2D eigenvalue weighted by molar-refractivity contribution is -0.283. The molecule has 2 aromatic carbocycles. The first-order valence-electron chi connectivity index (χ1n) is 9.27. The maximum atomic E-state index is 13.2. The van der Waals surface area contributed by atoms with E-state index in [1.54, 1.807) is 0 Å². The van der Waals surface area contributed by atoms with E-state index in [4.69, 9.17) is 14.2 Å². The zero-order valence-electron chi connectivity index (χ0n) is 15.8. The van der Waals surface area contributed by atoms with E-state index in [2.05, 4.69) is 0 Å². The molecule has 7 N–H and O–H groups in total. The van der Waals surface area contributed by atoms with Gasteiger partial charge < -0.3 is 50.0 Å². The minimum absolute atomic E-state index is 0.152. The number of fused-ring (bicyclic) bond motifs is 1. The van der Waals surface area contributed by atoms with E-state index >= 15 is 0 Å². The van der Waals surface area contributed by atoms with E-state index in [9.17, 15) is 40.5 Å². The molecule has 2 aromatic rings. The smallest absolute Gasteiger partial charge is 0.203 e. The fourth-order valence-electron chi connectivity index (χ4n) is 3.54. The van der Waals surface area contributed by atoms with E-state index < -0.39 is 59.8 Å². The van der Waals surface area contributed by atoms with Gasteiger partial charge in [0.25, 0.3) is 0 Å². The van der Waals surface area contributed by atoms with Crippen LogP contribution in [0.3, 0.4) is 0 Å². The van der Waals surface area contributed by atoms with Crippen molar-refractivity contribution in [1.82, 2.24) is 0 Å². The SMILES string of the molecule is O=C1c2c(O)cc(O)cc2OC(c2ccc(O)c(O)c2)C1O[C@@H]1OC[C@@H](O)[C@@H](O)[C@H]1O. The van der Waals surface area contributed by atoms with Crippen LogP contribution in [0.2, 0.25) is 0 Å². The Hall–Kier alpha value is -3.09. The van der Waals surface area contributed by atoms with Crippen LogP contribution in [0.25, 0.3) is 0 Å². The number of hydrogen-bond donors (Lipinski definition) is 7. The molecule has 2 heterocycles. The number of phenolic OH excluding ortho intramolecular Hbond substituents is 4. The summed E-state index contributed by atoms with van der Waals surface area (Å²) in [6, 6.07) is 5.71. The number of benzene rings is 2. The number of carbonyl (C=O) groups is 1. The molecule has 2 aliphatic rings. The van der Waals surface area contributed by atoms with E-state index in [-0.39, 0.29) is 29.2 Å². The first kappa shape index (κ1) is 21.2. The molecule has 0 aliphatic carbocycles. The van der Waals surface area contributed by atoms with E-state index in [1.807, 2.05) is 0 Å². The first-order valence-corrected chi connectivity index (χ1v) is 9.27. The predicted molar refractivity (Wildman–Crippen MR) is 99.9 cm³/mol. The van der Waals surface area contributed by atoms with Gasteiger partial charge in [0.2, 0.25) is 5.78 Å². The van der Waals surface area contributed by atoms with Gasteiger partial charge in [-0.15, -0.1) is 0 Å². The zero-order chi connectivity index (χ0) is 22.4. The molecule has 0 saturated carbocycles. The van der Waals surface area contributed by atoms with Crippen LogP contribution in [-0.4, -0.2) is 78.8 Å². The highest BCUT2D eigenvalue weighted by Gasteiger charge is 2.46. The molecule has 2 unspecified atom stereocenters. The molecular formula is C20H20O11. The largest absolute Gasteiger partial charge is 0.508 e. The van der Waals surface area contributed by atoms with Gasteiger partial charge in [-0.1, -0.05) is 6.07 Å². The Balaban J connectivity index is 1.74. The topological polar surface area (TPSA) is 186 Å². The van der Waals surface area contributed by atoms with Crippen molar-refractivity contribution < 1.29 is 54.8 Å². The Labute approximate surface area is 174 Å². The Kier molecular flexibility index (Phi) is 5.37. The van der Waals surface area contributed by atoms with Crippen molar-refractivity contribution in [2.75, 3.05) is 6.61 Å². The summed E-state index contributed by atoms with van der Waals surface area (Å²) in [5.74, 6) is -2.78. The van der Waals surface area contributed by atoms with Gasteiger partial charge in [0.15, 0.2) is 30.0 Å². The summed E-state index contributed by atoms with van der Waals surface area (Å²) in [5.41, 5.74) is -0.0963. The predicted octanol–water partition coefficient (Wildman–Crippen LogP) is -0.350. The first-order chi connectivity index (χ1) is 14.7. The van der Waals surface area contributed by atoms with Gasteiger partial charge in [0.05, 0.1) is 6.61 Å². The number of rotatable bonds is 3. The van der Waals surface area contributed by atoms with Gasteiger partial charge in [-0.05, 0) is 17.7 Å². The molecule has 0 amide bonds. The van der Waals surface area contributed by atoms with E-state index in [0.29, 0.717) is 0 Å². The molecule has 2 aliphatic heterocycles. The van der Waals surface area contributed by atoms with Crippen LogP contribution < -0.4 is 4.74 Å². The highest BCUT2D eigenvalue weighted by atomic mass is 16.7. The van der Waals surface area contributed by atoms with Gasteiger partial charge in [0.1, 0.15) is 41.1 Å². The minimum atomic E-state index is -1.69. The Bertz CT molecular complexity index is 1010. The van der Waals surface area contributed by atoms with Gasteiger partial charge >= 0.3 is 0 Å². The number of ketones is 1. The third-order valence-corrected chi connectivity index (χ3v) is 5.16. The standard InChI is InChI=1S/C20H20O11/c21-8-4-11(24)14-13(5-8)30-18(7-1-2-9(22)10(23)3-7)19(16(14)27)31-20-17(28)15(26)12(25)6-29-20/h1-5,12,15,17-26,28H,6H2/t12-,15-,17-,18?,19?,20+/m1/s1. The Morgan fingerprint density at radius 3 is 2.35 bits per heavy atom. The van der Waals surface area contributed by atoms with Crippen molar-refractivity contribution >= 4 is 5.78 Å². The Morgan fingerprint density at radius 1 is 0.903 bits per heavy atom. The third kappa shape index (κ3) is 3.73. The summed E-state index contributed by atoms with van der Waals surface area (Å²) in [7, 11) is 0. The number of aliphatic hydroxyl groups excluding tert-OH is 3. The lowest BCUT2D eigenvalue weighted by Crippen LogP contribution is -2.56. The molecule has 0 bridgehead atoms. The van der Waals surface area contributed by atoms with E-state index in [0.717, 1.165) is 24.3 Å². The maximum absolute atomic E-state index is 13.2. The summed E-state index contributed by atoms with van der Waals surface area (Å²) in [6.07, 6.45) is -8.95. The summed E-state index contributed by atoms with van der Waals surface area (Å²) in [6.45, 7) is -0.370. The van der Waals surface area contributed by atoms with Gasteiger partial charge in [0, 0.05) is 12.1 Å². The molecule has 11 heteroatoms. The molecule has 31 heavy (non-hydrogen) atoms. The van der Waals surface area contributed by atoms with Crippen molar-refractivity contribution in [3.05, 3.63) is 41.5 Å². The summed E-state index contributed by atoms with van der Waals surface area (Å²) < 4.78 is 16.6. The molecule has 0 radical (unpaired) electrons. The quantitative estimate of drug-likeness (QED) is 0.312. The molecule has 0 aromatic heterocycles. The number of aliphatic hydroxyl groups is 3. The molecule has 1 fully saturated rings. The van der Waals surface area contributed by atoms with Gasteiger partial charge in [-0.2, -0.15) is 0 Å². The Morgan fingerprint density at radius 2 is 1.65 bits per heavy atom. The molecule has 0 spiro atoms. The molecule has 1 saturated heterocycles. The number of Topliss-reactive ketones (excluding diaryl/α,β-unsaturated/α-hetero) is 1. The molecule has 166 valence electrons. The fourth-order valence-corrected chi connectivity index (χ4v) is 3.54.